The molecule has 1 aliphatic heterocycles. The van der Waals surface area contributed by atoms with Crippen LogP contribution in [0.2, 0.25) is 0 Å². The number of alkyl halides is 3. The van der Waals surface area contributed by atoms with Crippen LogP contribution in [0.15, 0.2) is 59.8 Å². The van der Waals surface area contributed by atoms with Crippen molar-refractivity contribution in [3.8, 4) is 11.4 Å². The highest BCUT2D eigenvalue weighted by Gasteiger charge is 2.37. The molecule has 0 bridgehead atoms. The first-order valence-corrected chi connectivity index (χ1v) is 12.8. The van der Waals surface area contributed by atoms with Crippen molar-refractivity contribution < 1.29 is 32.2 Å². The van der Waals surface area contributed by atoms with Gasteiger partial charge in [-0.25, -0.2) is 19.2 Å². The zero-order chi connectivity index (χ0) is 30.2. The fourth-order valence-corrected chi connectivity index (χ4v) is 4.99. The maximum Gasteiger partial charge on any atom is 0.573 e. The molecule has 0 atom stereocenters. The minimum atomic E-state index is -5.25. The first-order chi connectivity index (χ1) is 19.9. The highest BCUT2D eigenvalue weighted by molar-refractivity contribution is 5.98. The van der Waals surface area contributed by atoms with Crippen LogP contribution < -0.4 is 20.0 Å². The number of halogens is 4. The summed E-state index contributed by atoms with van der Waals surface area (Å²) < 4.78 is 63.0. The maximum absolute atomic E-state index is 15.8. The van der Waals surface area contributed by atoms with Gasteiger partial charge in [-0.15, -0.1) is 13.2 Å². The molecule has 2 aromatic heterocycles. The number of anilines is 2. The molecule has 0 amide bonds. The number of benzene rings is 2. The third-order valence-electron chi connectivity index (χ3n) is 6.76. The summed E-state index contributed by atoms with van der Waals surface area (Å²) >= 11 is 0. The molecular weight excluding hydrogens is 560 g/mol. The Morgan fingerprint density at radius 1 is 1.05 bits per heavy atom. The smallest absolute Gasteiger partial charge is 0.477 e. The summed E-state index contributed by atoms with van der Waals surface area (Å²) in [5.74, 6) is -3.27. The number of nitrogens with zero attached hydrogens (tertiary/aromatic N) is 6. The van der Waals surface area contributed by atoms with Gasteiger partial charge in [0.1, 0.15) is 16.8 Å². The Morgan fingerprint density at radius 3 is 2.24 bits per heavy atom. The molecule has 5 rings (SSSR count). The number of piperazine rings is 1. The van der Waals surface area contributed by atoms with E-state index in [2.05, 4.69) is 14.7 Å². The van der Waals surface area contributed by atoms with Crippen molar-refractivity contribution in [2.75, 3.05) is 50.1 Å². The van der Waals surface area contributed by atoms with Gasteiger partial charge in [0.05, 0.1) is 5.39 Å². The number of aromatic carboxylic acids is 1. The van der Waals surface area contributed by atoms with Gasteiger partial charge in [-0.3, -0.25) is 4.79 Å². The number of hydrogen-bond acceptors (Lipinski definition) is 8. The second kappa shape index (κ2) is 11.3. The van der Waals surface area contributed by atoms with E-state index in [0.29, 0.717) is 12.5 Å². The van der Waals surface area contributed by atoms with E-state index in [4.69, 9.17) is 0 Å². The average Bonchev–Trinajstić information content (AvgIpc) is 2.93. The number of ether oxygens (including phenoxy) is 1. The molecule has 4 aromatic rings. The number of carbonyl (C=O) groups is 1. The molecule has 1 saturated heterocycles. The number of rotatable bonds is 7. The van der Waals surface area contributed by atoms with Crippen LogP contribution in [0.1, 0.15) is 15.9 Å². The lowest BCUT2D eigenvalue weighted by Crippen LogP contribution is -2.47. The van der Waals surface area contributed by atoms with Gasteiger partial charge in [0.15, 0.2) is 11.6 Å². The molecule has 1 N–H and O–H groups in total. The number of carboxylic acids is 1. The molecule has 0 unspecified atom stereocenters. The largest absolute Gasteiger partial charge is 0.573 e. The monoisotopic (exact) mass is 586 g/mol. The van der Waals surface area contributed by atoms with E-state index in [1.54, 1.807) is 42.7 Å². The highest BCUT2D eigenvalue weighted by atomic mass is 19.4. The molecule has 1 aliphatic rings. The van der Waals surface area contributed by atoms with E-state index in [0.717, 1.165) is 22.4 Å². The molecule has 14 heteroatoms. The van der Waals surface area contributed by atoms with Crippen LogP contribution in [0.3, 0.4) is 0 Å². The lowest BCUT2D eigenvalue weighted by atomic mass is 10.1. The summed E-state index contributed by atoms with van der Waals surface area (Å²) in [5.41, 5.74) is -1.64. The predicted molar refractivity (Wildman–Crippen MR) is 147 cm³/mol. The molecule has 220 valence electrons. The lowest BCUT2D eigenvalue weighted by molar-refractivity contribution is -0.274. The Hall–Kier alpha value is -4.72. The normalized spacial score (nSPS) is 14.1. The minimum Gasteiger partial charge on any atom is -0.477 e. The maximum atomic E-state index is 15.8. The van der Waals surface area contributed by atoms with Crippen LogP contribution in [0.5, 0.6) is 5.75 Å². The quantitative estimate of drug-likeness (QED) is 0.323. The Balaban J connectivity index is 1.70. The topological polar surface area (TPSA) is 104 Å². The van der Waals surface area contributed by atoms with Crippen molar-refractivity contribution in [1.29, 1.82) is 0 Å². The van der Waals surface area contributed by atoms with Crippen molar-refractivity contribution in [2.45, 2.75) is 12.9 Å². The van der Waals surface area contributed by atoms with Crippen LogP contribution in [-0.2, 0) is 6.54 Å². The number of pyridine rings is 1. The number of aromatic nitrogens is 3. The fraction of sp³-hybridized carbons (Fsp3) is 0.286. The van der Waals surface area contributed by atoms with Gasteiger partial charge in [-0.05, 0) is 43.9 Å². The summed E-state index contributed by atoms with van der Waals surface area (Å²) in [5, 5.41) is 9.13. The van der Waals surface area contributed by atoms with Gasteiger partial charge in [0.25, 0.3) is 0 Å². The van der Waals surface area contributed by atoms with Gasteiger partial charge in [0.2, 0.25) is 11.4 Å². The number of carboxylic acid groups (broad SMARTS) is 1. The Bertz CT molecular complexity index is 1670. The SMILES string of the molecule is CN(C)Cc1ccc(-n2cc(C(=O)O)c(=O)c3cc(F)c(N4CCN(c5ncccn5)CC4)c(OC(F)(F)F)c32)cc1. The van der Waals surface area contributed by atoms with Crippen molar-refractivity contribution in [3.63, 3.8) is 0 Å². The second-order valence-corrected chi connectivity index (χ2v) is 9.95. The summed E-state index contributed by atoms with van der Waals surface area (Å²) in [6, 6.07) is 9.02. The van der Waals surface area contributed by atoms with Gasteiger partial charge >= 0.3 is 12.3 Å². The van der Waals surface area contributed by atoms with Crippen LogP contribution in [0.4, 0.5) is 29.2 Å². The van der Waals surface area contributed by atoms with E-state index >= 15 is 4.39 Å². The minimum absolute atomic E-state index is 0.0889. The highest BCUT2D eigenvalue weighted by Crippen LogP contribution is 2.42. The summed E-state index contributed by atoms with van der Waals surface area (Å²) in [4.78, 5) is 38.6. The lowest BCUT2D eigenvalue weighted by Gasteiger charge is -2.37. The van der Waals surface area contributed by atoms with Gasteiger partial charge < -0.3 is 29.1 Å². The third-order valence-corrected chi connectivity index (χ3v) is 6.76. The Labute approximate surface area is 237 Å². The van der Waals surface area contributed by atoms with E-state index in [9.17, 15) is 27.9 Å². The van der Waals surface area contributed by atoms with Crippen molar-refractivity contribution in [2.24, 2.45) is 0 Å². The van der Waals surface area contributed by atoms with E-state index < -0.39 is 51.5 Å². The summed E-state index contributed by atoms with van der Waals surface area (Å²) in [6.45, 7) is 1.29. The second-order valence-electron chi connectivity index (χ2n) is 9.95. The Morgan fingerprint density at radius 2 is 1.67 bits per heavy atom. The number of hydrogen-bond donors (Lipinski definition) is 1. The first kappa shape index (κ1) is 28.8. The summed E-state index contributed by atoms with van der Waals surface area (Å²) in [7, 11) is 3.73. The average molecular weight is 587 g/mol. The van der Waals surface area contributed by atoms with Gasteiger partial charge in [-0.2, -0.15) is 0 Å². The van der Waals surface area contributed by atoms with Crippen molar-refractivity contribution in [3.05, 3.63) is 82.2 Å². The molecule has 0 radical (unpaired) electrons. The first-order valence-electron chi connectivity index (χ1n) is 12.8. The van der Waals surface area contributed by atoms with Crippen LogP contribution in [0.25, 0.3) is 16.6 Å². The number of fused-ring (bicyclic) bond motifs is 1. The molecule has 10 nitrogen and oxygen atoms in total. The van der Waals surface area contributed by atoms with E-state index in [1.807, 2.05) is 23.9 Å². The molecule has 0 saturated carbocycles. The van der Waals surface area contributed by atoms with E-state index in [-0.39, 0.29) is 31.9 Å². The Kier molecular flexibility index (Phi) is 7.73. The molecule has 0 aliphatic carbocycles. The standard InChI is InChI=1S/C28H26F4N6O4/c1-35(2)15-17-4-6-18(7-5-17)38-16-20(26(40)41)24(39)19-14-21(29)23(25(22(19)38)42-28(30,31)32)36-10-12-37(13-11-36)27-33-8-3-9-34-27/h3-9,14,16H,10-13,15H2,1-2H3,(H,40,41). The van der Waals surface area contributed by atoms with Crippen LogP contribution >= 0.6 is 0 Å². The molecule has 1 fully saturated rings. The molecule has 2 aromatic carbocycles. The molecule has 42 heavy (non-hydrogen) atoms. The van der Waals surface area contributed by atoms with E-state index in [1.165, 1.54) is 4.90 Å². The fourth-order valence-electron chi connectivity index (χ4n) is 4.99. The summed E-state index contributed by atoms with van der Waals surface area (Å²) in [6.07, 6.45) is -1.20. The predicted octanol–water partition coefficient (Wildman–Crippen LogP) is 3.90. The zero-order valence-corrected chi connectivity index (χ0v) is 22.6. The molecular formula is C28H26F4N6O4. The van der Waals surface area contributed by atoms with Crippen LogP contribution in [0, 0.1) is 5.82 Å². The van der Waals surface area contributed by atoms with Crippen molar-refractivity contribution >= 4 is 28.5 Å². The van der Waals surface area contributed by atoms with Gasteiger partial charge in [-0.1, -0.05) is 12.1 Å². The zero-order valence-electron chi connectivity index (χ0n) is 22.6. The van der Waals surface area contributed by atoms with Gasteiger partial charge in [0, 0.05) is 57.0 Å². The van der Waals surface area contributed by atoms with Crippen molar-refractivity contribution in [1.82, 2.24) is 19.4 Å². The molecule has 0 spiro atoms. The molecule has 3 heterocycles. The van der Waals surface area contributed by atoms with Crippen LogP contribution in [-0.4, -0.2) is 77.1 Å². The third kappa shape index (κ3) is 5.84.